The summed E-state index contributed by atoms with van der Waals surface area (Å²) >= 11 is 7.05. The first kappa shape index (κ1) is 13.8. The van der Waals surface area contributed by atoms with Crippen molar-refractivity contribution in [2.24, 2.45) is 0 Å². The lowest BCUT2D eigenvalue weighted by atomic mass is 10.3. The van der Waals surface area contributed by atoms with E-state index >= 15 is 0 Å². The zero-order valence-electron chi connectivity index (χ0n) is 10.0. The number of nitrogens with zero attached hydrogens (tertiary/aromatic N) is 1. The minimum Gasteiger partial charge on any atom is -0.445 e. The second-order valence-corrected chi connectivity index (χ2v) is 5.06. The zero-order chi connectivity index (χ0) is 13.8. The summed E-state index contributed by atoms with van der Waals surface area (Å²) in [5.41, 5.74) is 0.651. The summed E-state index contributed by atoms with van der Waals surface area (Å²) in [6.45, 7) is 1.19. The number of amides is 1. The lowest BCUT2D eigenvalue weighted by Gasteiger charge is -2.03. The van der Waals surface area contributed by atoms with Crippen LogP contribution in [0.5, 0.6) is 10.8 Å². The highest BCUT2D eigenvalue weighted by atomic mass is 35.5. The number of hydrogen-bond donors (Lipinski definition) is 2. The van der Waals surface area contributed by atoms with Crippen molar-refractivity contribution in [1.82, 2.24) is 4.98 Å². The lowest BCUT2D eigenvalue weighted by Crippen LogP contribution is -2.15. The van der Waals surface area contributed by atoms with E-state index in [4.69, 9.17) is 21.4 Å². The molecule has 1 heterocycles. The summed E-state index contributed by atoms with van der Waals surface area (Å²) in [6, 6.07) is 6.99. The molecule has 0 atom stereocenters. The minimum absolute atomic E-state index is 0.383. The molecule has 100 valence electrons. The first-order valence-corrected chi connectivity index (χ1v) is 6.59. The van der Waals surface area contributed by atoms with Crippen molar-refractivity contribution in [3.8, 4) is 10.8 Å². The highest BCUT2D eigenvalue weighted by molar-refractivity contribution is 7.17. The molecule has 19 heavy (non-hydrogen) atoms. The van der Waals surface area contributed by atoms with E-state index in [1.807, 2.05) is 0 Å². The predicted octanol–water partition coefficient (Wildman–Crippen LogP) is 2.83. The van der Waals surface area contributed by atoms with Gasteiger partial charge in [-0.05, 0) is 25.1 Å². The summed E-state index contributed by atoms with van der Waals surface area (Å²) in [7, 11) is 0. The molecule has 0 bridgehead atoms. The van der Waals surface area contributed by atoms with Gasteiger partial charge in [-0.3, -0.25) is 10.1 Å². The molecule has 0 aliphatic carbocycles. The standard InChI is InChI=1S/C12H11ClN2O3S/c1-7-11(18-9-4-2-3-8(13)5-9)19-12(14-7)15-10(17)6-16/h2-5,16H,6H2,1H3,(H,14,15,17). The van der Waals surface area contributed by atoms with Gasteiger partial charge in [-0.1, -0.05) is 29.0 Å². The average Bonchev–Trinajstić information content (AvgIpc) is 2.69. The summed E-state index contributed by atoms with van der Waals surface area (Å²) in [6.07, 6.45) is 0. The molecule has 2 aromatic rings. The van der Waals surface area contributed by atoms with E-state index in [-0.39, 0.29) is 0 Å². The number of aliphatic hydroxyl groups excluding tert-OH is 1. The molecule has 0 aliphatic heterocycles. The van der Waals surface area contributed by atoms with Gasteiger partial charge in [0.25, 0.3) is 5.91 Å². The number of thiazole rings is 1. The number of carbonyl (C=O) groups is 1. The van der Waals surface area contributed by atoms with Crippen molar-refractivity contribution in [2.45, 2.75) is 6.92 Å². The van der Waals surface area contributed by atoms with Crippen LogP contribution in [0.15, 0.2) is 24.3 Å². The molecule has 0 radical (unpaired) electrons. The smallest absolute Gasteiger partial charge is 0.251 e. The topological polar surface area (TPSA) is 71.5 Å². The van der Waals surface area contributed by atoms with Crippen LogP contribution in [0.3, 0.4) is 0 Å². The fourth-order valence-electron chi connectivity index (χ4n) is 1.33. The summed E-state index contributed by atoms with van der Waals surface area (Å²) in [4.78, 5) is 15.2. The van der Waals surface area contributed by atoms with Gasteiger partial charge in [-0.2, -0.15) is 0 Å². The van der Waals surface area contributed by atoms with Gasteiger partial charge < -0.3 is 9.84 Å². The maximum absolute atomic E-state index is 11.1. The van der Waals surface area contributed by atoms with Crippen LogP contribution in [-0.4, -0.2) is 22.6 Å². The number of anilines is 1. The fourth-order valence-corrected chi connectivity index (χ4v) is 2.36. The molecule has 1 aromatic carbocycles. The van der Waals surface area contributed by atoms with Gasteiger partial charge in [0.05, 0.1) is 5.69 Å². The van der Waals surface area contributed by atoms with Gasteiger partial charge in [-0.25, -0.2) is 4.98 Å². The van der Waals surface area contributed by atoms with Crippen LogP contribution < -0.4 is 10.1 Å². The van der Waals surface area contributed by atoms with Crippen LogP contribution in [0.1, 0.15) is 5.69 Å². The van der Waals surface area contributed by atoms with Gasteiger partial charge in [-0.15, -0.1) is 0 Å². The van der Waals surface area contributed by atoms with Crippen molar-refractivity contribution in [2.75, 3.05) is 11.9 Å². The van der Waals surface area contributed by atoms with E-state index in [0.717, 1.165) is 0 Å². The summed E-state index contributed by atoms with van der Waals surface area (Å²) < 4.78 is 5.64. The van der Waals surface area contributed by atoms with E-state index < -0.39 is 12.5 Å². The number of aliphatic hydroxyl groups is 1. The van der Waals surface area contributed by atoms with E-state index in [9.17, 15) is 4.79 Å². The Labute approximate surface area is 118 Å². The third-order valence-electron chi connectivity index (χ3n) is 2.15. The molecule has 0 unspecified atom stereocenters. The van der Waals surface area contributed by atoms with Gasteiger partial charge in [0.1, 0.15) is 12.4 Å². The second kappa shape index (κ2) is 6.01. The first-order valence-electron chi connectivity index (χ1n) is 5.40. The monoisotopic (exact) mass is 298 g/mol. The quantitative estimate of drug-likeness (QED) is 0.910. The van der Waals surface area contributed by atoms with Gasteiger partial charge in [0.15, 0.2) is 5.13 Å². The third-order valence-corrected chi connectivity index (χ3v) is 3.34. The van der Waals surface area contributed by atoms with Crippen molar-refractivity contribution < 1.29 is 14.6 Å². The van der Waals surface area contributed by atoms with Crippen molar-refractivity contribution in [1.29, 1.82) is 0 Å². The Balaban J connectivity index is 2.15. The summed E-state index contributed by atoms with van der Waals surface area (Å²) in [5.74, 6) is 0.0855. The Kier molecular flexibility index (Phi) is 4.36. The van der Waals surface area contributed by atoms with Gasteiger partial charge in [0, 0.05) is 5.02 Å². The number of rotatable bonds is 4. The van der Waals surface area contributed by atoms with Crippen molar-refractivity contribution in [3.05, 3.63) is 35.0 Å². The molecule has 5 nitrogen and oxygen atoms in total. The predicted molar refractivity (Wildman–Crippen MR) is 74.1 cm³/mol. The number of aromatic nitrogens is 1. The molecule has 7 heteroatoms. The zero-order valence-corrected chi connectivity index (χ0v) is 11.6. The van der Waals surface area contributed by atoms with E-state index in [2.05, 4.69) is 10.3 Å². The van der Waals surface area contributed by atoms with Crippen molar-refractivity contribution in [3.63, 3.8) is 0 Å². The van der Waals surface area contributed by atoms with E-state index in [0.29, 0.717) is 26.7 Å². The second-order valence-electron chi connectivity index (χ2n) is 3.66. The average molecular weight is 299 g/mol. The molecule has 0 saturated carbocycles. The Hall–Kier alpha value is -1.63. The van der Waals surface area contributed by atoms with Crippen LogP contribution in [-0.2, 0) is 4.79 Å². The number of benzene rings is 1. The summed E-state index contributed by atoms with van der Waals surface area (Å²) in [5, 5.41) is 12.6. The van der Waals surface area contributed by atoms with Crippen molar-refractivity contribution >= 4 is 34.0 Å². The number of halogens is 1. The normalized spacial score (nSPS) is 10.3. The number of aryl methyl sites for hydroxylation is 1. The number of ether oxygens (including phenoxy) is 1. The van der Waals surface area contributed by atoms with Crippen LogP contribution in [0.2, 0.25) is 5.02 Å². The molecular weight excluding hydrogens is 288 g/mol. The molecule has 0 fully saturated rings. The first-order chi connectivity index (χ1) is 9.08. The molecule has 0 spiro atoms. The highest BCUT2D eigenvalue weighted by Crippen LogP contribution is 2.34. The van der Waals surface area contributed by atoms with E-state index in [1.165, 1.54) is 11.3 Å². The van der Waals surface area contributed by atoms with Crippen LogP contribution in [0, 0.1) is 6.92 Å². The van der Waals surface area contributed by atoms with Crippen LogP contribution in [0.25, 0.3) is 0 Å². The number of carbonyl (C=O) groups excluding carboxylic acids is 1. The molecule has 1 amide bonds. The molecule has 0 aliphatic rings. The Morgan fingerprint density at radius 1 is 1.58 bits per heavy atom. The Morgan fingerprint density at radius 3 is 3.05 bits per heavy atom. The SMILES string of the molecule is Cc1nc(NC(=O)CO)sc1Oc1cccc(Cl)c1. The van der Waals surface area contributed by atoms with Gasteiger partial charge >= 0.3 is 0 Å². The van der Waals surface area contributed by atoms with Crippen LogP contribution >= 0.6 is 22.9 Å². The number of hydrogen-bond acceptors (Lipinski definition) is 5. The molecule has 0 saturated heterocycles. The third kappa shape index (κ3) is 3.66. The fraction of sp³-hybridized carbons (Fsp3) is 0.167. The Bertz CT molecular complexity index is 600. The van der Waals surface area contributed by atoms with E-state index in [1.54, 1.807) is 31.2 Å². The molecular formula is C12H11ClN2O3S. The minimum atomic E-state index is -0.580. The number of nitrogens with one attached hydrogen (secondary N) is 1. The lowest BCUT2D eigenvalue weighted by molar-refractivity contribution is -0.118. The maximum atomic E-state index is 11.1. The maximum Gasteiger partial charge on any atom is 0.251 e. The van der Waals surface area contributed by atoms with Crippen LogP contribution in [0.4, 0.5) is 5.13 Å². The molecule has 1 aromatic heterocycles. The van der Waals surface area contributed by atoms with Gasteiger partial charge in [0.2, 0.25) is 5.06 Å². The highest BCUT2D eigenvalue weighted by Gasteiger charge is 2.11. The molecule has 2 rings (SSSR count). The molecule has 2 N–H and O–H groups in total. The Morgan fingerprint density at radius 2 is 2.37 bits per heavy atom. The largest absolute Gasteiger partial charge is 0.445 e.